The molecule has 0 radical (unpaired) electrons. The molecule has 184 valence electrons. The Morgan fingerprint density at radius 2 is 1.83 bits per heavy atom. The Hall–Kier alpha value is -3.00. The summed E-state index contributed by atoms with van der Waals surface area (Å²) in [6, 6.07) is 13.3. The second-order valence-corrected chi connectivity index (χ2v) is 9.34. The lowest BCUT2D eigenvalue weighted by atomic mass is 10.1. The number of carbonyl (C=O) groups is 1. The van der Waals surface area contributed by atoms with E-state index < -0.39 is 0 Å². The number of benzene rings is 2. The fraction of sp³-hybridized carbons (Fsp3) is 0.429. The number of anilines is 1. The van der Waals surface area contributed by atoms with E-state index >= 15 is 0 Å². The number of hydrogen-bond donors (Lipinski definition) is 2. The molecule has 7 nitrogen and oxygen atoms in total. The zero-order valence-electron chi connectivity index (χ0n) is 20.2. The van der Waals surface area contributed by atoms with Crippen molar-refractivity contribution in [3.63, 3.8) is 0 Å². The van der Waals surface area contributed by atoms with Crippen LogP contribution in [0.3, 0.4) is 0 Å². The largest absolute Gasteiger partial charge is 0.491 e. The van der Waals surface area contributed by atoms with Crippen molar-refractivity contribution in [3.8, 4) is 5.75 Å². The number of carbonyl (C=O) groups excluding carboxylic acids is 1. The lowest BCUT2D eigenvalue weighted by Gasteiger charge is -2.13. The molecule has 7 heteroatoms. The number of rotatable bonds is 9. The average molecular weight is 476 g/mol. The molecule has 2 fully saturated rings. The Balaban J connectivity index is 1.18. The number of amides is 1. The molecule has 3 heterocycles. The third-order valence-electron chi connectivity index (χ3n) is 6.71. The molecule has 2 atom stereocenters. The maximum atomic E-state index is 12.9. The summed E-state index contributed by atoms with van der Waals surface area (Å²) in [6.45, 7) is 5.84. The molecular formula is C28H33N3O4. The van der Waals surface area contributed by atoms with Crippen molar-refractivity contribution < 1.29 is 19.0 Å². The summed E-state index contributed by atoms with van der Waals surface area (Å²) in [4.78, 5) is 17.5. The van der Waals surface area contributed by atoms with Gasteiger partial charge in [0.2, 0.25) is 0 Å². The van der Waals surface area contributed by atoms with Gasteiger partial charge in [-0.1, -0.05) is 6.07 Å². The topological polar surface area (TPSA) is 81.7 Å². The molecule has 0 saturated carbocycles. The standard InChI is InChI=1S/C28H33N3O4/c1-19-26(31-28(32)21-6-9-23(10-7-21)35-18-25-5-3-13-34-25)11-8-22-14-20(16-30-27(19)22)15-29-17-24-4-2-12-33-24/h6-11,14,16,24-25,29H,2-5,12-13,15,17-18H2,1H3,(H,31,32)/t24-,25?/m1/s1. The van der Waals surface area contributed by atoms with Gasteiger partial charge >= 0.3 is 0 Å². The summed E-state index contributed by atoms with van der Waals surface area (Å²) < 4.78 is 17.0. The Morgan fingerprint density at radius 1 is 1.06 bits per heavy atom. The van der Waals surface area contributed by atoms with Crippen molar-refractivity contribution in [1.29, 1.82) is 0 Å². The number of aryl methyl sites for hydroxylation is 1. The van der Waals surface area contributed by atoms with E-state index in [9.17, 15) is 4.79 Å². The van der Waals surface area contributed by atoms with Crippen LogP contribution in [0.15, 0.2) is 48.7 Å². The molecular weight excluding hydrogens is 442 g/mol. The Bertz CT molecular complexity index is 1150. The maximum Gasteiger partial charge on any atom is 0.255 e. The van der Waals surface area contributed by atoms with Gasteiger partial charge in [-0.2, -0.15) is 0 Å². The van der Waals surface area contributed by atoms with Gasteiger partial charge < -0.3 is 24.8 Å². The lowest BCUT2D eigenvalue weighted by Crippen LogP contribution is -2.25. The quantitative estimate of drug-likeness (QED) is 0.470. The van der Waals surface area contributed by atoms with Crippen LogP contribution in [0.1, 0.15) is 47.2 Å². The maximum absolute atomic E-state index is 12.9. The third kappa shape index (κ3) is 5.99. The number of pyridine rings is 1. The van der Waals surface area contributed by atoms with Crippen molar-refractivity contribution in [2.24, 2.45) is 0 Å². The van der Waals surface area contributed by atoms with Crippen LogP contribution in [-0.4, -0.2) is 49.5 Å². The van der Waals surface area contributed by atoms with Gasteiger partial charge in [0.15, 0.2) is 0 Å². The molecule has 1 aromatic heterocycles. The minimum atomic E-state index is -0.159. The van der Waals surface area contributed by atoms with Gasteiger partial charge in [0, 0.05) is 49.1 Å². The number of fused-ring (bicyclic) bond motifs is 1. The first kappa shape index (κ1) is 23.7. The van der Waals surface area contributed by atoms with Crippen LogP contribution >= 0.6 is 0 Å². The molecule has 2 aromatic carbocycles. The molecule has 3 aromatic rings. The van der Waals surface area contributed by atoms with E-state index in [1.807, 2.05) is 37.4 Å². The van der Waals surface area contributed by atoms with Crippen molar-refractivity contribution in [2.45, 2.75) is 51.4 Å². The fourth-order valence-electron chi connectivity index (χ4n) is 4.67. The van der Waals surface area contributed by atoms with E-state index in [1.54, 1.807) is 12.1 Å². The van der Waals surface area contributed by atoms with Crippen LogP contribution in [0.25, 0.3) is 10.9 Å². The van der Waals surface area contributed by atoms with E-state index in [0.717, 1.165) is 85.5 Å². The van der Waals surface area contributed by atoms with Crippen molar-refractivity contribution in [2.75, 3.05) is 31.7 Å². The molecule has 0 aliphatic carbocycles. The molecule has 5 rings (SSSR count). The monoisotopic (exact) mass is 475 g/mol. The summed E-state index contributed by atoms with van der Waals surface area (Å²) >= 11 is 0. The molecule has 2 aliphatic heterocycles. The normalized spacial score (nSPS) is 19.8. The molecule has 35 heavy (non-hydrogen) atoms. The van der Waals surface area contributed by atoms with Gasteiger partial charge in [-0.05, 0) is 80.1 Å². The summed E-state index contributed by atoms with van der Waals surface area (Å²) in [7, 11) is 0. The van der Waals surface area contributed by atoms with E-state index in [1.165, 1.54) is 0 Å². The molecule has 2 N–H and O–H groups in total. The predicted octanol–water partition coefficient (Wildman–Crippen LogP) is 4.62. The Labute approximate surface area is 206 Å². The first-order chi connectivity index (χ1) is 17.2. The van der Waals surface area contributed by atoms with Gasteiger partial charge in [0.25, 0.3) is 5.91 Å². The smallest absolute Gasteiger partial charge is 0.255 e. The van der Waals surface area contributed by atoms with Crippen LogP contribution in [0.4, 0.5) is 5.69 Å². The first-order valence-electron chi connectivity index (χ1n) is 12.5. The molecule has 0 bridgehead atoms. The van der Waals surface area contributed by atoms with Crippen LogP contribution in [-0.2, 0) is 16.0 Å². The molecule has 1 unspecified atom stereocenters. The van der Waals surface area contributed by atoms with Crippen LogP contribution in [0.2, 0.25) is 0 Å². The van der Waals surface area contributed by atoms with E-state index in [2.05, 4.69) is 21.7 Å². The van der Waals surface area contributed by atoms with Crippen LogP contribution in [0, 0.1) is 6.92 Å². The summed E-state index contributed by atoms with van der Waals surface area (Å²) in [5, 5.41) is 7.56. The summed E-state index contributed by atoms with van der Waals surface area (Å²) in [5.74, 6) is 0.581. The molecule has 1 amide bonds. The second-order valence-electron chi connectivity index (χ2n) is 9.34. The van der Waals surface area contributed by atoms with E-state index in [4.69, 9.17) is 14.2 Å². The highest BCUT2D eigenvalue weighted by Crippen LogP contribution is 2.25. The first-order valence-corrected chi connectivity index (χ1v) is 12.5. The number of nitrogens with one attached hydrogen (secondary N) is 2. The highest BCUT2D eigenvalue weighted by atomic mass is 16.5. The fourth-order valence-corrected chi connectivity index (χ4v) is 4.67. The van der Waals surface area contributed by atoms with E-state index in [0.29, 0.717) is 18.3 Å². The minimum Gasteiger partial charge on any atom is -0.491 e. The van der Waals surface area contributed by atoms with Crippen molar-refractivity contribution >= 4 is 22.5 Å². The zero-order valence-corrected chi connectivity index (χ0v) is 20.2. The van der Waals surface area contributed by atoms with Gasteiger partial charge in [0.1, 0.15) is 12.4 Å². The number of ether oxygens (including phenoxy) is 3. The van der Waals surface area contributed by atoms with Crippen molar-refractivity contribution in [3.05, 3.63) is 65.4 Å². The SMILES string of the molecule is Cc1c(NC(=O)c2ccc(OCC3CCCO3)cc2)ccc2cc(CNC[C@H]3CCCO3)cnc12. The predicted molar refractivity (Wildman–Crippen MR) is 136 cm³/mol. The molecule has 2 saturated heterocycles. The number of nitrogens with zero attached hydrogens (tertiary/aromatic N) is 1. The average Bonchev–Trinajstić information content (AvgIpc) is 3.59. The highest BCUT2D eigenvalue weighted by molar-refractivity contribution is 6.06. The zero-order chi connectivity index (χ0) is 24.0. The van der Waals surface area contributed by atoms with Gasteiger partial charge in [0.05, 0.1) is 17.7 Å². The summed E-state index contributed by atoms with van der Waals surface area (Å²) in [6.07, 6.45) is 6.80. The third-order valence-corrected chi connectivity index (χ3v) is 6.71. The van der Waals surface area contributed by atoms with Crippen LogP contribution < -0.4 is 15.4 Å². The Kier molecular flexibility index (Phi) is 7.57. The van der Waals surface area contributed by atoms with Crippen molar-refractivity contribution in [1.82, 2.24) is 10.3 Å². The van der Waals surface area contributed by atoms with Gasteiger partial charge in [-0.3, -0.25) is 9.78 Å². The van der Waals surface area contributed by atoms with Gasteiger partial charge in [-0.25, -0.2) is 0 Å². The molecule has 0 spiro atoms. The Morgan fingerprint density at radius 3 is 2.57 bits per heavy atom. The summed E-state index contributed by atoms with van der Waals surface area (Å²) in [5.41, 5.74) is 4.32. The minimum absolute atomic E-state index is 0.159. The molecule has 2 aliphatic rings. The van der Waals surface area contributed by atoms with Gasteiger partial charge in [-0.15, -0.1) is 0 Å². The number of aromatic nitrogens is 1. The highest BCUT2D eigenvalue weighted by Gasteiger charge is 2.17. The lowest BCUT2D eigenvalue weighted by molar-refractivity contribution is 0.0679. The number of hydrogen-bond acceptors (Lipinski definition) is 6. The second kappa shape index (κ2) is 11.2. The van der Waals surface area contributed by atoms with E-state index in [-0.39, 0.29) is 12.0 Å². The van der Waals surface area contributed by atoms with Crippen LogP contribution in [0.5, 0.6) is 5.75 Å².